The van der Waals surface area contributed by atoms with Crippen LogP contribution in [-0.4, -0.2) is 47.7 Å². The molecule has 0 aliphatic carbocycles. The molecule has 0 amide bonds. The topological polar surface area (TPSA) is 125 Å². The molecule has 3 rings (SSSR count). The number of carbonyl (C=O) groups is 1. The third-order valence-corrected chi connectivity index (χ3v) is 3.67. The van der Waals surface area contributed by atoms with Crippen molar-refractivity contribution in [2.45, 2.75) is 6.92 Å². The number of methoxy groups -OCH3 is 1. The van der Waals surface area contributed by atoms with E-state index in [9.17, 15) is 17.6 Å². The molecule has 28 heavy (non-hydrogen) atoms. The number of hydrogen-bond donors (Lipinski definition) is 0. The Morgan fingerprint density at radius 1 is 1.39 bits per heavy atom. The van der Waals surface area contributed by atoms with Crippen molar-refractivity contribution in [1.82, 2.24) is 19.6 Å². The van der Waals surface area contributed by atoms with Crippen molar-refractivity contribution in [3.05, 3.63) is 47.1 Å². The van der Waals surface area contributed by atoms with Crippen molar-refractivity contribution in [2.75, 3.05) is 13.7 Å². The van der Waals surface area contributed by atoms with E-state index in [0.717, 1.165) is 0 Å². The number of aromatic nitrogens is 4. The van der Waals surface area contributed by atoms with Gasteiger partial charge < -0.3 is 9.47 Å². The van der Waals surface area contributed by atoms with Crippen molar-refractivity contribution in [3.8, 4) is 6.01 Å². The summed E-state index contributed by atoms with van der Waals surface area (Å²) in [4.78, 5) is 18.6. The van der Waals surface area contributed by atoms with Gasteiger partial charge in [-0.3, -0.25) is 0 Å². The lowest BCUT2D eigenvalue weighted by molar-refractivity contribution is 0.0601. The zero-order valence-electron chi connectivity index (χ0n) is 14.5. The second kappa shape index (κ2) is 9.71. The Morgan fingerprint density at radius 3 is 2.79 bits per heavy atom. The minimum atomic E-state index is -2.67. The number of ether oxygens (including phenoxy) is 2. The molecular formula is C15H13ClFN5O5S. The second-order valence-corrected chi connectivity index (χ2v) is 5.78. The van der Waals surface area contributed by atoms with Crippen molar-refractivity contribution in [3.63, 3.8) is 0 Å². The van der Waals surface area contributed by atoms with Crippen LogP contribution < -0.4 is 4.74 Å². The molecule has 0 radical (unpaired) electrons. The van der Waals surface area contributed by atoms with Gasteiger partial charge in [0.25, 0.3) is 0 Å². The summed E-state index contributed by atoms with van der Waals surface area (Å²) >= 11 is 5.70. The summed E-state index contributed by atoms with van der Waals surface area (Å²) in [5.41, 5.74) is 0.282. The van der Waals surface area contributed by atoms with Crippen molar-refractivity contribution >= 4 is 39.4 Å². The Balaban J connectivity index is 0.000000202. The van der Waals surface area contributed by atoms with Crippen LogP contribution in [0.3, 0.4) is 0 Å². The summed E-state index contributed by atoms with van der Waals surface area (Å²) in [7, 11) is -1.49. The average molecular weight is 430 g/mol. The molecule has 0 N–H and O–H groups in total. The summed E-state index contributed by atoms with van der Waals surface area (Å²) in [5.74, 6) is -1.31. The van der Waals surface area contributed by atoms with Gasteiger partial charge in [-0.1, -0.05) is 17.7 Å². The molecule has 0 bridgehead atoms. The first-order valence-electron chi connectivity index (χ1n) is 7.54. The Bertz CT molecular complexity index is 1130. The van der Waals surface area contributed by atoms with E-state index in [0.29, 0.717) is 12.3 Å². The van der Waals surface area contributed by atoms with Crippen LogP contribution >= 0.6 is 11.6 Å². The first kappa shape index (κ1) is 21.2. The molecule has 0 aliphatic rings. The van der Waals surface area contributed by atoms with Crippen LogP contribution in [0.25, 0.3) is 5.65 Å². The Labute approximate surface area is 164 Å². The van der Waals surface area contributed by atoms with E-state index in [1.807, 2.05) is 0 Å². The van der Waals surface area contributed by atoms with Gasteiger partial charge >= 0.3 is 22.5 Å². The molecule has 1 aromatic carbocycles. The molecule has 0 fully saturated rings. The number of hydrogen-bond acceptors (Lipinski definition) is 9. The standard InChI is InChI=1S/C8H6ClNO4S.C7H7FN4O/c1-14-8(11)5-3-2-4-6(9)7(5)10-15(12)13;1-2-13-7-11-5(8)3-6-9-4-10-12(6)7/h2-4H,1H3;3-4H,2H2,1H3. The molecular weight excluding hydrogens is 417 g/mol. The number of carbonyl (C=O) groups excluding carboxylic acids is 1. The van der Waals surface area contributed by atoms with Crippen LogP contribution in [0.1, 0.15) is 17.3 Å². The predicted octanol–water partition coefficient (Wildman–Crippen LogP) is 2.48. The fourth-order valence-electron chi connectivity index (χ4n) is 1.95. The predicted molar refractivity (Wildman–Crippen MR) is 95.7 cm³/mol. The van der Waals surface area contributed by atoms with Crippen LogP contribution in [0.15, 0.2) is 35.0 Å². The highest BCUT2D eigenvalue weighted by atomic mass is 35.5. The van der Waals surface area contributed by atoms with Crippen molar-refractivity contribution in [2.24, 2.45) is 4.36 Å². The molecule has 0 unspecified atom stereocenters. The van der Waals surface area contributed by atoms with Crippen LogP contribution in [0, 0.1) is 5.95 Å². The molecule has 13 heteroatoms. The third-order valence-electron chi connectivity index (χ3n) is 3.04. The van der Waals surface area contributed by atoms with E-state index < -0.39 is 22.4 Å². The monoisotopic (exact) mass is 429 g/mol. The van der Waals surface area contributed by atoms with Gasteiger partial charge in [-0.25, -0.2) is 9.78 Å². The van der Waals surface area contributed by atoms with E-state index in [1.165, 1.54) is 42.2 Å². The maximum atomic E-state index is 12.8. The van der Waals surface area contributed by atoms with Gasteiger partial charge in [-0.05, 0) is 19.1 Å². The Hall–Kier alpha value is -3.12. The SMILES string of the molecule is CCOc1nc(F)cc2ncnn12.COC(=O)c1cccc(Cl)c1N=S(=O)=O. The normalized spacial score (nSPS) is 10.0. The Kier molecular flexibility index (Phi) is 7.35. The van der Waals surface area contributed by atoms with Crippen LogP contribution in [0.2, 0.25) is 5.02 Å². The summed E-state index contributed by atoms with van der Waals surface area (Å²) in [6.07, 6.45) is 1.32. The van der Waals surface area contributed by atoms with Crippen LogP contribution in [-0.2, 0) is 15.2 Å². The maximum absolute atomic E-state index is 12.8. The van der Waals surface area contributed by atoms with E-state index in [2.05, 4.69) is 24.2 Å². The smallest absolute Gasteiger partial charge is 0.340 e. The fourth-order valence-corrected chi connectivity index (χ4v) is 2.57. The Morgan fingerprint density at radius 2 is 2.14 bits per heavy atom. The van der Waals surface area contributed by atoms with Gasteiger partial charge in [0.1, 0.15) is 12.0 Å². The number of esters is 1. The first-order chi connectivity index (χ1) is 13.4. The molecule has 0 saturated carbocycles. The molecule has 2 aromatic heterocycles. The van der Waals surface area contributed by atoms with E-state index in [4.69, 9.17) is 16.3 Å². The number of rotatable bonds is 4. The summed E-state index contributed by atoms with van der Waals surface area (Å²) in [6.45, 7) is 2.20. The molecule has 3 aromatic rings. The van der Waals surface area contributed by atoms with E-state index in [1.54, 1.807) is 6.92 Å². The molecule has 0 aliphatic heterocycles. The minimum Gasteiger partial charge on any atom is -0.465 e. The lowest BCUT2D eigenvalue weighted by atomic mass is 10.2. The number of halogens is 2. The van der Waals surface area contributed by atoms with E-state index >= 15 is 0 Å². The highest BCUT2D eigenvalue weighted by Crippen LogP contribution is 2.29. The lowest BCUT2D eigenvalue weighted by Gasteiger charge is -2.02. The zero-order chi connectivity index (χ0) is 20.7. The number of nitrogens with zero attached hydrogens (tertiary/aromatic N) is 5. The van der Waals surface area contributed by atoms with Gasteiger partial charge in [-0.2, -0.15) is 27.4 Å². The van der Waals surface area contributed by atoms with Crippen LogP contribution in [0.4, 0.5) is 10.1 Å². The maximum Gasteiger partial charge on any atom is 0.340 e. The molecule has 0 atom stereocenters. The largest absolute Gasteiger partial charge is 0.465 e. The molecule has 0 spiro atoms. The van der Waals surface area contributed by atoms with Gasteiger partial charge in [0.05, 0.1) is 24.3 Å². The van der Waals surface area contributed by atoms with Gasteiger partial charge in [-0.15, -0.1) is 4.36 Å². The minimum absolute atomic E-state index is 0.00852. The molecule has 10 nitrogen and oxygen atoms in total. The highest BCUT2D eigenvalue weighted by Gasteiger charge is 2.14. The third kappa shape index (κ3) is 5.20. The second-order valence-electron chi connectivity index (χ2n) is 4.76. The van der Waals surface area contributed by atoms with Gasteiger partial charge in [0.2, 0.25) is 5.95 Å². The van der Waals surface area contributed by atoms with Gasteiger partial charge in [0.15, 0.2) is 5.65 Å². The number of fused-ring (bicyclic) bond motifs is 1. The van der Waals surface area contributed by atoms with Crippen molar-refractivity contribution < 1.29 is 27.1 Å². The average Bonchev–Trinajstić information content (AvgIpc) is 3.12. The first-order valence-corrected chi connectivity index (χ1v) is 8.95. The summed E-state index contributed by atoms with van der Waals surface area (Å²) in [6, 6.07) is 5.62. The molecule has 0 saturated heterocycles. The molecule has 148 valence electrons. The van der Waals surface area contributed by atoms with E-state index in [-0.39, 0.29) is 22.3 Å². The zero-order valence-corrected chi connectivity index (χ0v) is 16.1. The summed E-state index contributed by atoms with van der Waals surface area (Å²) in [5, 5.41) is 3.90. The van der Waals surface area contributed by atoms with Gasteiger partial charge in [0, 0.05) is 6.07 Å². The fraction of sp³-hybridized carbons (Fsp3) is 0.200. The van der Waals surface area contributed by atoms with Crippen LogP contribution in [0.5, 0.6) is 6.01 Å². The highest BCUT2D eigenvalue weighted by molar-refractivity contribution is 7.61. The lowest BCUT2D eigenvalue weighted by Crippen LogP contribution is -2.04. The summed E-state index contributed by atoms with van der Waals surface area (Å²) < 4.78 is 47.7. The van der Waals surface area contributed by atoms with Crippen molar-refractivity contribution in [1.29, 1.82) is 0 Å². The quantitative estimate of drug-likeness (QED) is 0.457. The number of benzene rings is 1. The molecule has 2 heterocycles.